The molecule has 744 valence electrons. The van der Waals surface area contributed by atoms with Crippen molar-refractivity contribution in [2.24, 2.45) is 128 Å². The highest BCUT2D eigenvalue weighted by molar-refractivity contribution is 5.90. The highest BCUT2D eigenvalue weighted by atomic mass is 16.3. The van der Waals surface area contributed by atoms with Crippen molar-refractivity contribution in [2.75, 3.05) is 0 Å². The van der Waals surface area contributed by atoms with Crippen LogP contribution < -0.4 is 0 Å². The lowest BCUT2D eigenvalue weighted by Gasteiger charge is -2.61. The Balaban J connectivity index is 0.000000758. The van der Waals surface area contributed by atoms with E-state index in [1.807, 2.05) is 0 Å². The molecule has 7 rings (SSSR count). The van der Waals surface area contributed by atoms with Gasteiger partial charge in [0.1, 0.15) is 0 Å². The first kappa shape index (κ1) is 123. The van der Waals surface area contributed by atoms with Gasteiger partial charge in [0.15, 0.2) is 40.5 Å². The first-order valence-corrected chi connectivity index (χ1v) is 50.1. The van der Waals surface area contributed by atoms with Gasteiger partial charge < -0.3 is 15.3 Å². The van der Waals surface area contributed by atoms with Crippen molar-refractivity contribution in [1.82, 2.24) is 0 Å². The fourth-order valence-electron chi connectivity index (χ4n) is 23.7. The van der Waals surface area contributed by atoms with Crippen molar-refractivity contribution in [2.45, 2.75) is 459 Å². The van der Waals surface area contributed by atoms with Crippen LogP contribution in [0.5, 0.6) is 0 Å². The molecule has 12 atom stereocenters. The first-order chi connectivity index (χ1) is 57.8. The van der Waals surface area contributed by atoms with Crippen LogP contribution in [0.4, 0.5) is 0 Å². The SMILES string of the molecule is C=C1C(C(C)(C)C)CCC(C)(C)C1/C=C/C(C)=O.CC(=O)/C=C/C1(O)C(C)(C)CCCC1(C)C(C)(C)C.CC(=O)/C=C/C1(O)C(C)(C)CCCC1(C)C(C)(C)C.CC(=O)/C=C/C1(O)C(C)(C)CCCC1(C)C(C)(C)C.CC(=O)/C=C/C1=C(C)C(C(C)(C)C)CCC1(C)C.CC(=O)/C=C/C1C(C)=C(C(C)(C)C)CC(C)C1(C)C.CC(=O)/C=C/C1C(C)=C(C(C)(C)C)CCC1(C)C. The van der Waals surface area contributed by atoms with Gasteiger partial charge in [-0.3, -0.25) is 33.6 Å². The molecule has 0 saturated heterocycles. The van der Waals surface area contributed by atoms with Crippen LogP contribution in [0.1, 0.15) is 442 Å². The third-order valence-electron chi connectivity index (χ3n) is 34.5. The van der Waals surface area contributed by atoms with Crippen molar-refractivity contribution >= 4 is 40.5 Å². The van der Waals surface area contributed by atoms with Crippen LogP contribution in [0, 0.1) is 128 Å². The Bertz CT molecular complexity index is 4050. The molecule has 0 aliphatic heterocycles. The van der Waals surface area contributed by atoms with Crippen LogP contribution in [0.15, 0.2) is 131 Å². The van der Waals surface area contributed by atoms with E-state index in [-0.39, 0.29) is 127 Å². The lowest BCUT2D eigenvalue weighted by Crippen LogP contribution is -2.62. The van der Waals surface area contributed by atoms with E-state index in [0.29, 0.717) is 40.9 Å². The molecule has 4 fully saturated rings. The topological polar surface area (TPSA) is 180 Å². The van der Waals surface area contributed by atoms with Crippen LogP contribution in [0.2, 0.25) is 0 Å². The maximum Gasteiger partial charge on any atom is 0.152 e. The summed E-state index contributed by atoms with van der Waals surface area (Å²) in [6.45, 7) is 109. The number of hydrogen-bond donors (Lipinski definition) is 3. The van der Waals surface area contributed by atoms with E-state index in [2.05, 4.69) is 322 Å². The molecule has 0 radical (unpaired) electrons. The third kappa shape index (κ3) is 30.1. The summed E-state index contributed by atoms with van der Waals surface area (Å²) in [5.74, 6) is 3.39. The summed E-state index contributed by atoms with van der Waals surface area (Å²) >= 11 is 0. The molecule has 12 unspecified atom stereocenters. The molecule has 3 N–H and O–H groups in total. The van der Waals surface area contributed by atoms with Gasteiger partial charge in [-0.25, -0.2) is 0 Å². The summed E-state index contributed by atoms with van der Waals surface area (Å²) in [6.07, 6.45) is 42.9. The molecular weight excluding hydrogens is 1600 g/mol. The Labute approximate surface area is 801 Å². The predicted octanol–water partition coefficient (Wildman–Crippen LogP) is 32.2. The summed E-state index contributed by atoms with van der Waals surface area (Å²) in [5, 5.41) is 34.4. The fourth-order valence-corrected chi connectivity index (χ4v) is 23.7. The summed E-state index contributed by atoms with van der Waals surface area (Å²) in [7, 11) is 0. The molecule has 7 aliphatic rings. The average Bonchev–Trinajstić information content (AvgIpc) is 0.720. The van der Waals surface area contributed by atoms with Gasteiger partial charge in [0.05, 0.1) is 16.8 Å². The number of rotatable bonds is 14. The van der Waals surface area contributed by atoms with Gasteiger partial charge in [0.2, 0.25) is 0 Å². The van der Waals surface area contributed by atoms with Crippen LogP contribution in [0.25, 0.3) is 0 Å². The number of ketones is 7. The molecular formula is C120H204O10. The fraction of sp³-hybridized carbons (Fsp3) is 0.758. The van der Waals surface area contributed by atoms with Gasteiger partial charge in [-0.1, -0.05) is 354 Å². The maximum absolute atomic E-state index is 11.5. The molecule has 0 aromatic carbocycles. The van der Waals surface area contributed by atoms with Crippen LogP contribution in [-0.4, -0.2) is 72.6 Å². The minimum Gasteiger partial charge on any atom is -0.385 e. The molecule has 0 heterocycles. The average molecular weight is 1810 g/mol. The minimum absolute atomic E-state index is 0.00828. The van der Waals surface area contributed by atoms with E-state index in [9.17, 15) is 48.9 Å². The van der Waals surface area contributed by atoms with Crippen molar-refractivity contribution in [1.29, 1.82) is 0 Å². The van der Waals surface area contributed by atoms with Gasteiger partial charge in [0, 0.05) is 34.0 Å². The van der Waals surface area contributed by atoms with Gasteiger partial charge in [-0.05, 0) is 313 Å². The normalized spacial score (nSPS) is 30.5. The highest BCUT2D eigenvalue weighted by Crippen LogP contribution is 2.66. The lowest BCUT2D eigenvalue weighted by molar-refractivity contribution is -0.190. The van der Waals surface area contributed by atoms with Crippen molar-refractivity contribution < 1.29 is 48.9 Å². The number of allylic oxidation sites excluding steroid dienone is 18. The molecule has 0 spiro atoms. The molecule has 0 aromatic heterocycles. The zero-order chi connectivity index (χ0) is 103. The Kier molecular flexibility index (Phi) is 42.0. The molecule has 10 nitrogen and oxygen atoms in total. The summed E-state index contributed by atoms with van der Waals surface area (Å²) in [4.78, 5) is 78.7. The largest absolute Gasteiger partial charge is 0.385 e. The minimum atomic E-state index is -0.956. The van der Waals surface area contributed by atoms with Gasteiger partial charge in [-0.15, -0.1) is 0 Å². The first-order valence-electron chi connectivity index (χ1n) is 50.1. The van der Waals surface area contributed by atoms with E-state index in [1.54, 1.807) is 81.4 Å². The summed E-state index contributed by atoms with van der Waals surface area (Å²) in [6, 6.07) is 0. The van der Waals surface area contributed by atoms with E-state index >= 15 is 0 Å². The smallest absolute Gasteiger partial charge is 0.152 e. The van der Waals surface area contributed by atoms with E-state index in [1.165, 1.54) is 112 Å². The number of carbonyl (C=O) groups excluding carboxylic acids is 7. The van der Waals surface area contributed by atoms with Gasteiger partial charge >= 0.3 is 0 Å². The van der Waals surface area contributed by atoms with Crippen molar-refractivity contribution in [3.8, 4) is 0 Å². The second-order valence-corrected chi connectivity index (χ2v) is 54.1. The second kappa shape index (κ2) is 44.5. The van der Waals surface area contributed by atoms with Crippen molar-refractivity contribution in [3.05, 3.63) is 131 Å². The molecule has 10 heteroatoms. The standard InChI is InChI=1S/C18H30O.3C17H30O2.3C17H28O/c1-12-11-16(17(4,5)6)14(3)15(18(12,7)8)10-9-13(2)19;3*1-13(18)9-12-17(19)15(5,6)10-8-11-16(17,7)14(2,3)4;3*1-12(18)8-9-15-13(2)14(16(3,4)5)10-11-17(15,6)7/h9-10,12,15H,11H2,1-8H3;3*9,12,19H,8,10-11H2,1-7H3;8-9,15H,10-11H2,1-7H3;8-9,14H,10-11H2,1-7H3;8-9,14-15H,2,10-11H2,1,3-7H3/b10-9+;3*12-9+;3*9-8+. The summed E-state index contributed by atoms with van der Waals surface area (Å²) < 4.78 is 0. The predicted molar refractivity (Wildman–Crippen MR) is 558 cm³/mol. The summed E-state index contributed by atoms with van der Waals surface area (Å²) in [5.41, 5.74) is 7.75. The van der Waals surface area contributed by atoms with Gasteiger partial charge in [0.25, 0.3) is 0 Å². The molecule has 0 bridgehead atoms. The van der Waals surface area contributed by atoms with Crippen molar-refractivity contribution in [3.63, 3.8) is 0 Å². The molecule has 0 aromatic rings. The molecule has 130 heavy (non-hydrogen) atoms. The number of hydrogen-bond acceptors (Lipinski definition) is 10. The van der Waals surface area contributed by atoms with Gasteiger partial charge in [-0.2, -0.15) is 0 Å². The Morgan fingerprint density at radius 3 is 0.923 bits per heavy atom. The molecule has 0 amide bonds. The zero-order valence-corrected chi connectivity index (χ0v) is 93.8. The third-order valence-corrected chi connectivity index (χ3v) is 34.5. The zero-order valence-electron chi connectivity index (χ0n) is 93.8. The number of carbonyl (C=O) groups is 7. The number of aliphatic hydroxyl groups is 3. The van der Waals surface area contributed by atoms with Crippen LogP contribution >= 0.6 is 0 Å². The van der Waals surface area contributed by atoms with E-state index in [4.69, 9.17) is 0 Å². The Morgan fingerprint density at radius 1 is 0.346 bits per heavy atom. The Morgan fingerprint density at radius 2 is 0.631 bits per heavy atom. The second-order valence-electron chi connectivity index (χ2n) is 54.1. The quantitative estimate of drug-likeness (QED) is 0.112. The highest BCUT2D eigenvalue weighted by Gasteiger charge is 2.64. The van der Waals surface area contributed by atoms with E-state index < -0.39 is 16.8 Å². The molecule has 7 aliphatic carbocycles. The van der Waals surface area contributed by atoms with Crippen LogP contribution in [0.3, 0.4) is 0 Å². The lowest BCUT2D eigenvalue weighted by atomic mass is 9.46. The maximum atomic E-state index is 11.5. The van der Waals surface area contributed by atoms with Crippen LogP contribution in [-0.2, 0) is 33.6 Å². The monoisotopic (exact) mass is 1810 g/mol. The Hall–Kier alpha value is -5.29. The molecule has 4 saturated carbocycles. The van der Waals surface area contributed by atoms with E-state index in [0.717, 1.165) is 57.8 Å².